The number of rotatable bonds is 6. The lowest BCUT2D eigenvalue weighted by atomic mass is 9.99. The van der Waals surface area contributed by atoms with Crippen LogP contribution in [0, 0.1) is 25.2 Å². The highest BCUT2D eigenvalue weighted by Crippen LogP contribution is 2.28. The van der Waals surface area contributed by atoms with Gasteiger partial charge in [0.25, 0.3) is 0 Å². The third-order valence-corrected chi connectivity index (χ3v) is 5.52. The van der Waals surface area contributed by atoms with E-state index in [1.54, 1.807) is 4.90 Å². The Hall–Kier alpha value is -2.64. The van der Waals surface area contributed by atoms with Gasteiger partial charge in [-0.3, -0.25) is 9.69 Å². The molecule has 1 amide bonds. The van der Waals surface area contributed by atoms with Crippen LogP contribution in [0.25, 0.3) is 0 Å². The van der Waals surface area contributed by atoms with Crippen molar-refractivity contribution in [3.63, 3.8) is 0 Å². The molecule has 2 aromatic carbocycles. The van der Waals surface area contributed by atoms with Crippen LogP contribution in [-0.4, -0.2) is 37.0 Å². The molecule has 1 atom stereocenters. The number of nitrogens with zero attached hydrogens (tertiary/aromatic N) is 3. The maximum Gasteiger partial charge on any atom is 0.241 e. The molecular weight excluding hydrogens is 334 g/mol. The summed E-state index contributed by atoms with van der Waals surface area (Å²) < 4.78 is 0. The van der Waals surface area contributed by atoms with Crippen molar-refractivity contribution in [2.45, 2.75) is 32.6 Å². The number of anilines is 1. The van der Waals surface area contributed by atoms with Crippen LogP contribution >= 0.6 is 0 Å². The Morgan fingerprint density at radius 2 is 1.96 bits per heavy atom. The SMILES string of the molecule is Cc1cccc(N(CCC#N)C(=O)CN2CC[C@@H](c3ccccc3)C2)c1C. The minimum Gasteiger partial charge on any atom is -0.310 e. The molecule has 0 radical (unpaired) electrons. The van der Waals surface area contributed by atoms with E-state index in [4.69, 9.17) is 5.26 Å². The molecule has 0 spiro atoms. The summed E-state index contributed by atoms with van der Waals surface area (Å²) in [7, 11) is 0. The van der Waals surface area contributed by atoms with Crippen molar-refractivity contribution >= 4 is 11.6 Å². The molecule has 4 nitrogen and oxygen atoms in total. The van der Waals surface area contributed by atoms with Crippen LogP contribution in [0.1, 0.15) is 35.4 Å². The number of hydrogen-bond donors (Lipinski definition) is 0. The Bertz CT molecular complexity index is 825. The monoisotopic (exact) mass is 361 g/mol. The van der Waals surface area contributed by atoms with Gasteiger partial charge >= 0.3 is 0 Å². The van der Waals surface area contributed by atoms with Crippen LogP contribution < -0.4 is 4.90 Å². The van der Waals surface area contributed by atoms with E-state index in [1.807, 2.05) is 25.1 Å². The Morgan fingerprint density at radius 3 is 2.70 bits per heavy atom. The summed E-state index contributed by atoms with van der Waals surface area (Å²) in [5, 5.41) is 9.01. The predicted molar refractivity (Wildman–Crippen MR) is 109 cm³/mol. The zero-order chi connectivity index (χ0) is 19.2. The fourth-order valence-electron chi connectivity index (χ4n) is 3.82. The Balaban J connectivity index is 1.70. The van der Waals surface area contributed by atoms with Crippen molar-refractivity contribution < 1.29 is 4.79 Å². The summed E-state index contributed by atoms with van der Waals surface area (Å²) in [5.74, 6) is 0.569. The number of nitriles is 1. The summed E-state index contributed by atoms with van der Waals surface area (Å²) in [6.45, 7) is 6.78. The smallest absolute Gasteiger partial charge is 0.241 e. The molecule has 27 heavy (non-hydrogen) atoms. The molecule has 0 aromatic heterocycles. The largest absolute Gasteiger partial charge is 0.310 e. The number of amides is 1. The molecule has 4 heteroatoms. The van der Waals surface area contributed by atoms with Crippen LogP contribution in [0.15, 0.2) is 48.5 Å². The van der Waals surface area contributed by atoms with Gasteiger partial charge < -0.3 is 4.90 Å². The van der Waals surface area contributed by atoms with E-state index in [9.17, 15) is 4.79 Å². The highest BCUT2D eigenvalue weighted by atomic mass is 16.2. The minimum absolute atomic E-state index is 0.0765. The van der Waals surface area contributed by atoms with Gasteiger partial charge in [0.05, 0.1) is 19.0 Å². The van der Waals surface area contributed by atoms with Crippen LogP contribution in [0.5, 0.6) is 0 Å². The zero-order valence-electron chi connectivity index (χ0n) is 16.2. The van der Waals surface area contributed by atoms with Crippen LogP contribution in [0.2, 0.25) is 0 Å². The lowest BCUT2D eigenvalue weighted by Crippen LogP contribution is -2.40. The van der Waals surface area contributed by atoms with E-state index in [-0.39, 0.29) is 5.91 Å². The van der Waals surface area contributed by atoms with Gasteiger partial charge in [0.15, 0.2) is 0 Å². The van der Waals surface area contributed by atoms with Crippen molar-refractivity contribution in [3.8, 4) is 6.07 Å². The lowest BCUT2D eigenvalue weighted by Gasteiger charge is -2.27. The number of benzene rings is 2. The normalized spacial score (nSPS) is 16.9. The third-order valence-electron chi connectivity index (χ3n) is 5.52. The van der Waals surface area contributed by atoms with Gasteiger partial charge in [-0.15, -0.1) is 0 Å². The first-order valence-electron chi connectivity index (χ1n) is 9.61. The Labute approximate surface area is 162 Å². The number of likely N-dealkylation sites (tertiary alicyclic amines) is 1. The average Bonchev–Trinajstić information content (AvgIpc) is 3.14. The van der Waals surface area contributed by atoms with Crippen molar-refractivity contribution in [3.05, 3.63) is 65.2 Å². The third kappa shape index (κ3) is 4.56. The van der Waals surface area contributed by atoms with Crippen molar-refractivity contribution in [2.24, 2.45) is 0 Å². The number of carbonyl (C=O) groups is 1. The fraction of sp³-hybridized carbons (Fsp3) is 0.391. The van der Waals surface area contributed by atoms with E-state index in [2.05, 4.69) is 48.2 Å². The van der Waals surface area contributed by atoms with Crippen LogP contribution in [0.3, 0.4) is 0 Å². The molecule has 1 fully saturated rings. The number of aryl methyl sites for hydroxylation is 1. The zero-order valence-corrected chi connectivity index (χ0v) is 16.2. The molecule has 1 saturated heterocycles. The summed E-state index contributed by atoms with van der Waals surface area (Å²) in [4.78, 5) is 17.1. The van der Waals surface area contributed by atoms with Gasteiger partial charge in [-0.1, -0.05) is 42.5 Å². The quantitative estimate of drug-likeness (QED) is 0.780. The van der Waals surface area contributed by atoms with E-state index in [0.717, 1.165) is 36.3 Å². The second-order valence-electron chi connectivity index (χ2n) is 7.30. The second kappa shape index (κ2) is 8.83. The molecule has 0 saturated carbocycles. The standard InChI is InChI=1S/C23H27N3O/c1-18-8-6-11-22(19(18)2)26(14-7-13-24)23(27)17-25-15-12-21(16-25)20-9-4-3-5-10-20/h3-6,8-11,21H,7,12,14-17H2,1-2H3/t21-/m1/s1. The van der Waals surface area contributed by atoms with E-state index in [1.165, 1.54) is 5.56 Å². The van der Waals surface area contributed by atoms with Crippen LogP contribution in [0.4, 0.5) is 5.69 Å². The molecule has 1 aliphatic heterocycles. The lowest BCUT2D eigenvalue weighted by molar-refractivity contribution is -0.119. The van der Waals surface area contributed by atoms with E-state index >= 15 is 0 Å². The molecule has 140 valence electrons. The first-order valence-corrected chi connectivity index (χ1v) is 9.61. The van der Waals surface area contributed by atoms with Gasteiger partial charge in [-0.05, 0) is 55.5 Å². The topological polar surface area (TPSA) is 47.3 Å². The molecular formula is C23H27N3O. The number of hydrogen-bond acceptors (Lipinski definition) is 3. The van der Waals surface area contributed by atoms with E-state index < -0.39 is 0 Å². The Morgan fingerprint density at radius 1 is 1.19 bits per heavy atom. The van der Waals surface area contributed by atoms with Crippen molar-refractivity contribution in [1.82, 2.24) is 4.90 Å². The molecule has 0 N–H and O–H groups in total. The highest BCUT2D eigenvalue weighted by molar-refractivity contribution is 5.95. The van der Waals surface area contributed by atoms with Gasteiger partial charge in [0.2, 0.25) is 5.91 Å². The predicted octanol–water partition coefficient (Wildman–Crippen LogP) is 4.04. The summed E-state index contributed by atoms with van der Waals surface area (Å²) >= 11 is 0. The fourth-order valence-corrected chi connectivity index (χ4v) is 3.82. The highest BCUT2D eigenvalue weighted by Gasteiger charge is 2.27. The molecule has 1 aliphatic rings. The molecule has 2 aromatic rings. The summed E-state index contributed by atoms with van der Waals surface area (Å²) in [5.41, 5.74) is 4.54. The summed E-state index contributed by atoms with van der Waals surface area (Å²) in [6, 6.07) is 18.7. The minimum atomic E-state index is 0.0765. The van der Waals surface area contributed by atoms with Crippen molar-refractivity contribution in [1.29, 1.82) is 5.26 Å². The van der Waals surface area contributed by atoms with Crippen LogP contribution in [-0.2, 0) is 4.79 Å². The maximum absolute atomic E-state index is 13.1. The molecule has 0 bridgehead atoms. The average molecular weight is 361 g/mol. The molecule has 3 rings (SSSR count). The first kappa shape index (κ1) is 19.1. The first-order chi connectivity index (χ1) is 13.1. The molecule has 0 aliphatic carbocycles. The number of carbonyl (C=O) groups excluding carboxylic acids is 1. The van der Waals surface area contributed by atoms with Crippen molar-refractivity contribution in [2.75, 3.05) is 31.1 Å². The Kier molecular flexibility index (Phi) is 6.26. The van der Waals surface area contributed by atoms with Gasteiger partial charge in [-0.25, -0.2) is 0 Å². The summed E-state index contributed by atoms with van der Waals surface area (Å²) in [6.07, 6.45) is 1.42. The second-order valence-corrected chi connectivity index (χ2v) is 7.30. The maximum atomic E-state index is 13.1. The van der Waals surface area contributed by atoms with Gasteiger partial charge in [-0.2, -0.15) is 5.26 Å². The molecule has 0 unspecified atom stereocenters. The molecule has 1 heterocycles. The van der Waals surface area contributed by atoms with Gasteiger partial charge in [0, 0.05) is 18.8 Å². The van der Waals surface area contributed by atoms with E-state index in [0.29, 0.717) is 25.4 Å². The van der Waals surface area contributed by atoms with Gasteiger partial charge in [0.1, 0.15) is 0 Å².